The predicted molar refractivity (Wildman–Crippen MR) is 140 cm³/mol. The molecule has 1 fully saturated rings. The Bertz CT molecular complexity index is 1550. The molecule has 4 aromatic rings. The van der Waals surface area contributed by atoms with Crippen molar-refractivity contribution in [3.63, 3.8) is 0 Å². The third kappa shape index (κ3) is 5.92. The minimum Gasteiger partial charge on any atom is -0.369 e. The molecule has 6 rings (SSSR count). The van der Waals surface area contributed by atoms with Crippen molar-refractivity contribution in [3.8, 4) is 0 Å². The molecule has 0 saturated carbocycles. The second-order valence-electron chi connectivity index (χ2n) is 10.8. The van der Waals surface area contributed by atoms with Gasteiger partial charge in [-0.05, 0) is 54.4 Å². The molecule has 2 aliphatic rings. The molecule has 2 aromatic carbocycles. The van der Waals surface area contributed by atoms with Gasteiger partial charge in [0.05, 0.1) is 29.3 Å². The molecule has 1 saturated heterocycles. The number of anilines is 1. The van der Waals surface area contributed by atoms with Gasteiger partial charge in [0.1, 0.15) is 17.5 Å². The van der Waals surface area contributed by atoms with Crippen LogP contribution in [0.2, 0.25) is 0 Å². The molecular formula is C29H25F7N6O. The molecule has 14 heteroatoms. The highest BCUT2D eigenvalue weighted by Crippen LogP contribution is 2.40. The lowest BCUT2D eigenvalue weighted by atomic mass is 9.87. The summed E-state index contributed by atoms with van der Waals surface area (Å²) in [5.41, 5.74) is -2.38. The summed E-state index contributed by atoms with van der Waals surface area (Å²) < 4.78 is 103. The Kier molecular flexibility index (Phi) is 7.35. The van der Waals surface area contributed by atoms with E-state index < -0.39 is 47.4 Å². The van der Waals surface area contributed by atoms with Crippen LogP contribution in [0.3, 0.4) is 0 Å². The number of benzene rings is 2. The summed E-state index contributed by atoms with van der Waals surface area (Å²) in [6.07, 6.45) is -8.26. The largest absolute Gasteiger partial charge is 0.416 e. The van der Waals surface area contributed by atoms with Gasteiger partial charge in [-0.3, -0.25) is 0 Å². The third-order valence-corrected chi connectivity index (χ3v) is 7.91. The van der Waals surface area contributed by atoms with Gasteiger partial charge in [0.2, 0.25) is 5.95 Å². The first-order valence-corrected chi connectivity index (χ1v) is 13.5. The van der Waals surface area contributed by atoms with E-state index in [0.29, 0.717) is 49.1 Å². The third-order valence-electron chi connectivity index (χ3n) is 7.91. The highest BCUT2D eigenvalue weighted by Gasteiger charge is 2.41. The van der Waals surface area contributed by atoms with Crippen LogP contribution in [0.25, 0.3) is 0 Å². The van der Waals surface area contributed by atoms with Crippen LogP contribution in [0.15, 0.2) is 60.9 Å². The standard InChI is InChI=1S/C29H25F7N6O/c1-16(18-9-20(28(31,32)33)11-21(10-18)29(34,35)36)43-24-12-25-39-40-26(19-13-41(14-19)27-37-7-2-8-38-27)42(25)15-23(24)17-3-5-22(30)6-4-17/h2-11,16,19,23-24H,12-15H2,1H3/t16-,23-,24+/m1/s1. The monoisotopic (exact) mass is 606 g/mol. The lowest BCUT2D eigenvalue weighted by Crippen LogP contribution is -2.47. The first-order valence-electron chi connectivity index (χ1n) is 13.5. The van der Waals surface area contributed by atoms with Gasteiger partial charge >= 0.3 is 12.4 Å². The van der Waals surface area contributed by atoms with E-state index in [2.05, 4.69) is 20.2 Å². The molecule has 2 aromatic heterocycles. The molecule has 3 atom stereocenters. The fourth-order valence-electron chi connectivity index (χ4n) is 5.62. The second kappa shape index (κ2) is 10.9. The smallest absolute Gasteiger partial charge is 0.369 e. The Labute approximate surface area is 241 Å². The molecule has 0 bridgehead atoms. The van der Waals surface area contributed by atoms with Gasteiger partial charge in [-0.25, -0.2) is 14.4 Å². The van der Waals surface area contributed by atoms with Crippen molar-refractivity contribution in [3.05, 3.63) is 101 Å². The van der Waals surface area contributed by atoms with E-state index in [1.165, 1.54) is 19.1 Å². The highest BCUT2D eigenvalue weighted by atomic mass is 19.4. The van der Waals surface area contributed by atoms with E-state index in [-0.39, 0.29) is 24.0 Å². The summed E-state index contributed by atoms with van der Waals surface area (Å²) in [4.78, 5) is 10.5. The SMILES string of the molecule is C[C@@H](O[C@H]1Cc2nnc(C3CN(c4ncccn4)C3)n2C[C@@H]1c1ccc(F)cc1)c1cc(C(F)(F)F)cc(C(F)(F)F)c1. The summed E-state index contributed by atoms with van der Waals surface area (Å²) in [5.74, 6) is 1.12. The number of ether oxygens (including phenoxy) is 1. The maximum atomic E-state index is 13.8. The average Bonchev–Trinajstić information content (AvgIpc) is 3.34. The topological polar surface area (TPSA) is 69.0 Å². The van der Waals surface area contributed by atoms with Gasteiger partial charge < -0.3 is 14.2 Å². The van der Waals surface area contributed by atoms with Gasteiger partial charge in [-0.15, -0.1) is 10.2 Å². The molecule has 0 aliphatic carbocycles. The Morgan fingerprint density at radius 3 is 2.09 bits per heavy atom. The molecular weight excluding hydrogens is 581 g/mol. The lowest BCUT2D eigenvalue weighted by molar-refractivity contribution is -0.143. The minimum absolute atomic E-state index is 0.0428. The van der Waals surface area contributed by atoms with Crippen LogP contribution in [-0.4, -0.2) is 43.9 Å². The summed E-state index contributed by atoms with van der Waals surface area (Å²) in [6, 6.07) is 8.96. The first kappa shape index (κ1) is 29.0. The van der Waals surface area contributed by atoms with Gasteiger partial charge in [-0.1, -0.05) is 12.1 Å². The highest BCUT2D eigenvalue weighted by molar-refractivity contribution is 5.37. The van der Waals surface area contributed by atoms with Crippen molar-refractivity contribution in [2.24, 2.45) is 0 Å². The minimum atomic E-state index is -4.98. The Hall–Kier alpha value is -4.07. The zero-order valence-corrected chi connectivity index (χ0v) is 22.6. The van der Waals surface area contributed by atoms with Crippen LogP contribution >= 0.6 is 0 Å². The summed E-state index contributed by atoms with van der Waals surface area (Å²) in [7, 11) is 0. The summed E-state index contributed by atoms with van der Waals surface area (Å²) in [5, 5.41) is 8.77. The molecule has 0 amide bonds. The van der Waals surface area contributed by atoms with E-state index in [4.69, 9.17) is 4.74 Å². The molecule has 226 valence electrons. The summed E-state index contributed by atoms with van der Waals surface area (Å²) >= 11 is 0. The number of fused-ring (bicyclic) bond motifs is 1. The Morgan fingerprint density at radius 2 is 1.49 bits per heavy atom. The van der Waals surface area contributed by atoms with Crippen molar-refractivity contribution in [2.45, 2.75) is 56.3 Å². The van der Waals surface area contributed by atoms with Crippen LogP contribution in [-0.2, 0) is 30.1 Å². The molecule has 0 radical (unpaired) electrons. The molecule has 2 aliphatic heterocycles. The number of nitrogens with zero attached hydrogens (tertiary/aromatic N) is 6. The molecule has 0 spiro atoms. The molecule has 43 heavy (non-hydrogen) atoms. The second-order valence-corrected chi connectivity index (χ2v) is 10.8. The van der Waals surface area contributed by atoms with Crippen LogP contribution < -0.4 is 4.90 Å². The lowest BCUT2D eigenvalue weighted by Gasteiger charge is -2.40. The van der Waals surface area contributed by atoms with Gasteiger partial charge in [-0.2, -0.15) is 26.3 Å². The van der Waals surface area contributed by atoms with Crippen molar-refractivity contribution < 1.29 is 35.5 Å². The molecule has 0 N–H and O–H groups in total. The zero-order valence-electron chi connectivity index (χ0n) is 22.6. The van der Waals surface area contributed by atoms with Crippen LogP contribution in [0.1, 0.15) is 58.8 Å². The van der Waals surface area contributed by atoms with Gasteiger partial charge in [0.15, 0.2) is 0 Å². The number of halogens is 7. The molecule has 0 unspecified atom stereocenters. The number of hydrogen-bond acceptors (Lipinski definition) is 6. The Morgan fingerprint density at radius 1 is 0.860 bits per heavy atom. The van der Waals surface area contributed by atoms with E-state index in [1.807, 2.05) is 9.47 Å². The summed E-state index contributed by atoms with van der Waals surface area (Å²) in [6.45, 7) is 2.99. The van der Waals surface area contributed by atoms with Crippen molar-refractivity contribution >= 4 is 5.95 Å². The van der Waals surface area contributed by atoms with Crippen molar-refractivity contribution in [1.82, 2.24) is 24.7 Å². The predicted octanol–water partition coefficient (Wildman–Crippen LogP) is 6.33. The van der Waals surface area contributed by atoms with Crippen molar-refractivity contribution in [1.29, 1.82) is 0 Å². The molecule has 4 heterocycles. The number of aromatic nitrogens is 5. The van der Waals surface area contributed by atoms with E-state index in [1.54, 1.807) is 30.6 Å². The van der Waals surface area contributed by atoms with Crippen LogP contribution in [0, 0.1) is 5.82 Å². The Balaban J connectivity index is 1.28. The van der Waals surface area contributed by atoms with E-state index >= 15 is 0 Å². The maximum Gasteiger partial charge on any atom is 0.416 e. The van der Waals surface area contributed by atoms with E-state index in [0.717, 1.165) is 5.82 Å². The fourth-order valence-corrected chi connectivity index (χ4v) is 5.62. The van der Waals surface area contributed by atoms with Gasteiger partial charge in [0.25, 0.3) is 0 Å². The van der Waals surface area contributed by atoms with Crippen LogP contribution in [0.5, 0.6) is 0 Å². The fraction of sp³-hybridized carbons (Fsp3) is 0.379. The normalized spacial score (nSPS) is 20.0. The average molecular weight is 607 g/mol. The van der Waals surface area contributed by atoms with Crippen LogP contribution in [0.4, 0.5) is 36.7 Å². The van der Waals surface area contributed by atoms with Crippen molar-refractivity contribution in [2.75, 3.05) is 18.0 Å². The quantitative estimate of drug-likeness (QED) is 0.239. The maximum absolute atomic E-state index is 13.8. The molecule has 7 nitrogen and oxygen atoms in total. The van der Waals surface area contributed by atoms with Gasteiger partial charge in [0, 0.05) is 44.4 Å². The first-order chi connectivity index (χ1) is 20.4. The zero-order chi connectivity index (χ0) is 30.5. The van der Waals surface area contributed by atoms with E-state index in [9.17, 15) is 30.7 Å². The number of rotatable bonds is 6. The number of alkyl halides is 6. The number of hydrogen-bond donors (Lipinski definition) is 0.